The van der Waals surface area contributed by atoms with Gasteiger partial charge in [0.25, 0.3) is 0 Å². The second-order valence-corrected chi connectivity index (χ2v) is 9.14. The zero-order chi connectivity index (χ0) is 26.3. The average molecular weight is 506 g/mol. The number of ether oxygens (including phenoxy) is 1. The zero-order valence-corrected chi connectivity index (χ0v) is 21.4. The zero-order valence-electron chi connectivity index (χ0n) is 21.4. The van der Waals surface area contributed by atoms with Gasteiger partial charge in [0.2, 0.25) is 0 Å². The second-order valence-electron chi connectivity index (χ2n) is 9.14. The minimum Gasteiger partial charge on any atom is -0.449 e. The number of anilines is 2. The standard InChI is InChI=1S/C31H31N5O2/c1-2-36(25-17-15-24(16-18-25)35-34-23-13-11-22(32)12-14-23)20-19-33-31(37)38-21-30-28-9-5-3-7-26(28)27-8-4-6-10-29(27)30/h3-18,30H,2,19-21,32H2,1H3,(H,33,37). The van der Waals surface area contributed by atoms with Crippen LogP contribution in [0, 0.1) is 0 Å². The Morgan fingerprint density at radius 3 is 1.97 bits per heavy atom. The summed E-state index contributed by atoms with van der Waals surface area (Å²) in [5.41, 5.74) is 13.8. The number of carbonyl (C=O) groups excluding carboxylic acids is 1. The SMILES string of the molecule is CCN(CCNC(=O)OCC1c2ccccc2-c2ccccc21)c1ccc(N=Nc2ccc(N)cc2)cc1. The Hall–Kier alpha value is -4.65. The number of nitrogen functional groups attached to an aromatic ring is 1. The highest BCUT2D eigenvalue weighted by atomic mass is 16.5. The van der Waals surface area contributed by atoms with Gasteiger partial charge in [0.1, 0.15) is 6.61 Å². The predicted octanol–water partition coefficient (Wildman–Crippen LogP) is 7.05. The maximum atomic E-state index is 12.5. The van der Waals surface area contributed by atoms with Gasteiger partial charge in [0.15, 0.2) is 0 Å². The molecule has 0 bridgehead atoms. The number of alkyl carbamates (subject to hydrolysis) is 1. The van der Waals surface area contributed by atoms with Crippen molar-refractivity contribution in [2.75, 3.05) is 36.9 Å². The molecule has 0 fully saturated rings. The minimum absolute atomic E-state index is 0.0518. The van der Waals surface area contributed by atoms with E-state index in [-0.39, 0.29) is 5.92 Å². The van der Waals surface area contributed by atoms with Crippen LogP contribution in [-0.2, 0) is 4.74 Å². The molecule has 7 heteroatoms. The maximum absolute atomic E-state index is 12.5. The van der Waals surface area contributed by atoms with Crippen molar-refractivity contribution in [2.24, 2.45) is 10.2 Å². The summed E-state index contributed by atoms with van der Waals surface area (Å²) in [6.45, 7) is 4.33. The number of nitrogens with two attached hydrogens (primary N) is 1. The first-order chi connectivity index (χ1) is 18.6. The minimum atomic E-state index is -0.402. The predicted molar refractivity (Wildman–Crippen MR) is 152 cm³/mol. The molecule has 1 aliphatic carbocycles. The molecular formula is C31H31N5O2. The molecule has 4 aromatic rings. The molecule has 0 aliphatic heterocycles. The van der Waals surface area contributed by atoms with Crippen molar-refractivity contribution in [1.29, 1.82) is 0 Å². The van der Waals surface area contributed by atoms with Crippen molar-refractivity contribution >= 4 is 28.8 Å². The van der Waals surface area contributed by atoms with E-state index in [1.807, 2.05) is 60.7 Å². The van der Waals surface area contributed by atoms with Gasteiger partial charge in [-0.25, -0.2) is 4.79 Å². The summed E-state index contributed by atoms with van der Waals surface area (Å²) in [5.74, 6) is 0.0518. The summed E-state index contributed by atoms with van der Waals surface area (Å²) in [4.78, 5) is 14.7. The average Bonchev–Trinajstić information content (AvgIpc) is 3.28. The number of amides is 1. The van der Waals surface area contributed by atoms with E-state index in [9.17, 15) is 4.79 Å². The topological polar surface area (TPSA) is 92.3 Å². The quantitative estimate of drug-likeness (QED) is 0.188. The van der Waals surface area contributed by atoms with Crippen LogP contribution in [0.4, 0.5) is 27.5 Å². The second kappa shape index (κ2) is 11.6. The summed E-state index contributed by atoms with van der Waals surface area (Å²) in [6, 6.07) is 31.8. The van der Waals surface area contributed by atoms with Crippen LogP contribution in [0.15, 0.2) is 107 Å². The highest BCUT2D eigenvalue weighted by molar-refractivity contribution is 5.79. The fourth-order valence-corrected chi connectivity index (χ4v) is 4.80. The van der Waals surface area contributed by atoms with E-state index in [1.165, 1.54) is 22.3 Å². The monoisotopic (exact) mass is 505 g/mol. The number of fused-ring (bicyclic) bond motifs is 3. The van der Waals surface area contributed by atoms with Crippen LogP contribution < -0.4 is 16.0 Å². The molecule has 0 atom stereocenters. The van der Waals surface area contributed by atoms with Gasteiger partial charge in [0.05, 0.1) is 11.4 Å². The molecule has 3 N–H and O–H groups in total. The van der Waals surface area contributed by atoms with Gasteiger partial charge in [-0.1, -0.05) is 48.5 Å². The van der Waals surface area contributed by atoms with Crippen molar-refractivity contribution < 1.29 is 9.53 Å². The fraction of sp³-hybridized carbons (Fsp3) is 0.194. The molecule has 4 aromatic carbocycles. The number of nitrogens with one attached hydrogen (secondary N) is 1. The molecule has 0 aromatic heterocycles. The third-order valence-corrected chi connectivity index (χ3v) is 6.77. The first-order valence-corrected chi connectivity index (χ1v) is 12.8. The molecule has 0 radical (unpaired) electrons. The third kappa shape index (κ3) is 5.67. The van der Waals surface area contributed by atoms with E-state index in [1.54, 1.807) is 12.1 Å². The molecule has 38 heavy (non-hydrogen) atoms. The molecule has 0 unspecified atom stereocenters. The lowest BCUT2D eigenvalue weighted by Crippen LogP contribution is -2.35. The normalized spacial score (nSPS) is 12.2. The largest absolute Gasteiger partial charge is 0.449 e. The van der Waals surface area contributed by atoms with Crippen molar-refractivity contribution in [1.82, 2.24) is 5.32 Å². The van der Waals surface area contributed by atoms with Gasteiger partial charge in [-0.05, 0) is 77.7 Å². The van der Waals surface area contributed by atoms with Crippen LogP contribution in [0.2, 0.25) is 0 Å². The number of carbonyl (C=O) groups is 1. The molecule has 1 aliphatic rings. The van der Waals surface area contributed by atoms with E-state index in [2.05, 4.69) is 51.6 Å². The third-order valence-electron chi connectivity index (χ3n) is 6.77. The Morgan fingerprint density at radius 1 is 0.842 bits per heavy atom. The number of azo groups is 1. The highest BCUT2D eigenvalue weighted by Gasteiger charge is 2.28. The Morgan fingerprint density at radius 2 is 1.39 bits per heavy atom. The van der Waals surface area contributed by atoms with E-state index in [0.717, 1.165) is 23.6 Å². The lowest BCUT2D eigenvalue weighted by atomic mass is 9.98. The van der Waals surface area contributed by atoms with Crippen molar-refractivity contribution in [3.63, 3.8) is 0 Å². The van der Waals surface area contributed by atoms with Crippen molar-refractivity contribution in [2.45, 2.75) is 12.8 Å². The van der Waals surface area contributed by atoms with Crippen LogP contribution in [-0.4, -0.2) is 32.3 Å². The molecule has 0 heterocycles. The molecule has 0 saturated heterocycles. The number of rotatable bonds is 9. The lowest BCUT2D eigenvalue weighted by Gasteiger charge is -2.23. The summed E-state index contributed by atoms with van der Waals surface area (Å²) >= 11 is 0. The van der Waals surface area contributed by atoms with Gasteiger partial charge in [-0.2, -0.15) is 10.2 Å². The van der Waals surface area contributed by atoms with E-state index in [4.69, 9.17) is 10.5 Å². The molecule has 0 spiro atoms. The lowest BCUT2D eigenvalue weighted by molar-refractivity contribution is 0.143. The number of hydrogen-bond donors (Lipinski definition) is 2. The van der Waals surface area contributed by atoms with Crippen LogP contribution >= 0.6 is 0 Å². The van der Waals surface area contributed by atoms with Gasteiger partial charge in [-0.3, -0.25) is 0 Å². The number of hydrogen-bond acceptors (Lipinski definition) is 6. The highest BCUT2D eigenvalue weighted by Crippen LogP contribution is 2.44. The molecule has 192 valence electrons. The summed E-state index contributed by atoms with van der Waals surface area (Å²) in [5, 5.41) is 11.4. The van der Waals surface area contributed by atoms with Crippen molar-refractivity contribution in [3.8, 4) is 11.1 Å². The molecule has 0 saturated carbocycles. The van der Waals surface area contributed by atoms with Gasteiger partial charge < -0.3 is 20.7 Å². The summed E-state index contributed by atoms with van der Waals surface area (Å²) in [6.07, 6.45) is -0.402. The van der Waals surface area contributed by atoms with Gasteiger partial charge in [-0.15, -0.1) is 0 Å². The van der Waals surface area contributed by atoms with Crippen LogP contribution in [0.5, 0.6) is 0 Å². The van der Waals surface area contributed by atoms with Gasteiger partial charge in [0, 0.05) is 36.9 Å². The molecule has 5 rings (SSSR count). The van der Waals surface area contributed by atoms with Crippen molar-refractivity contribution in [3.05, 3.63) is 108 Å². The number of likely N-dealkylation sites (N-methyl/N-ethyl adjacent to an activating group) is 1. The maximum Gasteiger partial charge on any atom is 0.407 e. The Bertz CT molecular complexity index is 1370. The Kier molecular flexibility index (Phi) is 7.64. The van der Waals surface area contributed by atoms with Crippen LogP contribution in [0.25, 0.3) is 11.1 Å². The van der Waals surface area contributed by atoms with E-state index >= 15 is 0 Å². The van der Waals surface area contributed by atoms with Crippen LogP contribution in [0.1, 0.15) is 24.0 Å². The molecular weight excluding hydrogens is 474 g/mol. The fourth-order valence-electron chi connectivity index (χ4n) is 4.80. The first-order valence-electron chi connectivity index (χ1n) is 12.8. The molecule has 7 nitrogen and oxygen atoms in total. The summed E-state index contributed by atoms with van der Waals surface area (Å²) < 4.78 is 5.65. The Balaban J connectivity index is 1.11. The summed E-state index contributed by atoms with van der Waals surface area (Å²) in [7, 11) is 0. The first kappa shape index (κ1) is 25.0. The Labute approximate surface area is 223 Å². The number of nitrogens with zero attached hydrogens (tertiary/aromatic N) is 3. The number of benzene rings is 4. The van der Waals surface area contributed by atoms with Gasteiger partial charge >= 0.3 is 6.09 Å². The van der Waals surface area contributed by atoms with Crippen LogP contribution in [0.3, 0.4) is 0 Å². The van der Waals surface area contributed by atoms with E-state index in [0.29, 0.717) is 25.4 Å². The molecule has 1 amide bonds. The smallest absolute Gasteiger partial charge is 0.407 e. The van der Waals surface area contributed by atoms with E-state index < -0.39 is 6.09 Å².